The lowest BCUT2D eigenvalue weighted by Crippen LogP contribution is -2.54. The van der Waals surface area contributed by atoms with Gasteiger partial charge in [0.2, 0.25) is 12.6 Å². The van der Waals surface area contributed by atoms with E-state index in [1.807, 2.05) is 19.1 Å². The van der Waals surface area contributed by atoms with Crippen LogP contribution < -0.4 is 5.73 Å². The van der Waals surface area contributed by atoms with Gasteiger partial charge in [0, 0.05) is 25.2 Å². The van der Waals surface area contributed by atoms with Crippen LogP contribution in [0, 0.1) is 11.8 Å². The highest BCUT2D eigenvalue weighted by molar-refractivity contribution is 7.52. The second kappa shape index (κ2) is 19.0. The first-order valence-corrected chi connectivity index (χ1v) is 16.8. The number of hydroxylamine groups is 3. The minimum absolute atomic E-state index is 0.0895. The van der Waals surface area contributed by atoms with Crippen LogP contribution in [0.25, 0.3) is 0 Å². The van der Waals surface area contributed by atoms with E-state index in [0.29, 0.717) is 17.5 Å². The molecule has 3 atom stereocenters. The number of carbonyl (C=O) groups is 3. The lowest BCUT2D eigenvalue weighted by molar-refractivity contribution is -1.00. The number of nitrogens with two attached hydrogens (primary N) is 1. The summed E-state index contributed by atoms with van der Waals surface area (Å²) in [5.41, 5.74) is 7.73. The second-order valence-electron chi connectivity index (χ2n) is 11.4. The van der Waals surface area contributed by atoms with Gasteiger partial charge in [-0.25, -0.2) is 28.0 Å². The number of quaternary nitrogens is 1. The number of unbranched alkanes of at least 4 members (excludes halogenated alkanes) is 1. The number of rotatable bonds is 16. The quantitative estimate of drug-likeness (QED) is 0.0373. The van der Waals surface area contributed by atoms with Crippen LogP contribution in [0.15, 0.2) is 65.4 Å². The molecule has 2 aromatic rings. The molecular formula is C32H47N3O11P+. The molecular weight excluding hydrogens is 633 g/mol. The van der Waals surface area contributed by atoms with Crippen LogP contribution in [-0.4, -0.2) is 55.1 Å². The fourth-order valence-corrected chi connectivity index (χ4v) is 5.44. The molecule has 47 heavy (non-hydrogen) atoms. The smallest absolute Gasteiger partial charge is 0.429 e. The van der Waals surface area contributed by atoms with Crippen molar-refractivity contribution in [2.75, 3.05) is 13.6 Å². The third kappa shape index (κ3) is 14.1. The van der Waals surface area contributed by atoms with Crippen molar-refractivity contribution in [3.05, 3.63) is 71.8 Å². The summed E-state index contributed by atoms with van der Waals surface area (Å²) in [7, 11) is -3.39. The topological polar surface area (TPSA) is 171 Å². The molecule has 0 fully saturated rings. The summed E-state index contributed by atoms with van der Waals surface area (Å²) in [5, 5.41) is 0. The molecule has 260 valence electrons. The highest BCUT2D eigenvalue weighted by Crippen LogP contribution is 2.54. The lowest BCUT2D eigenvalue weighted by atomic mass is 10.2. The number of carbonyl (C=O) groups excluding carboxylic acids is 3. The fraction of sp³-hybridized carbons (Fsp3) is 0.500. The first-order chi connectivity index (χ1) is 22.2. The Hall–Kier alpha value is -3.97. The van der Waals surface area contributed by atoms with E-state index < -0.39 is 61.0 Å². The predicted molar refractivity (Wildman–Crippen MR) is 172 cm³/mol. The molecule has 14 nitrogen and oxygen atoms in total. The maximum atomic E-state index is 14.5. The summed E-state index contributed by atoms with van der Waals surface area (Å²) >= 11 is 0. The molecule has 15 heteroatoms. The highest BCUT2D eigenvalue weighted by Gasteiger charge is 2.42. The predicted octanol–water partition coefficient (Wildman–Crippen LogP) is 6.84. The number of benzene rings is 2. The molecule has 2 aromatic carbocycles. The van der Waals surface area contributed by atoms with Gasteiger partial charge < -0.3 is 24.7 Å². The van der Waals surface area contributed by atoms with Crippen LogP contribution in [0.4, 0.5) is 9.59 Å². The standard InChI is InChI=1S/C32H47N3O11P/c1-8-9-20-35(7,44-25(6)36)30(33)34-47(39,45-28(23(2)3)42-31(37)40-21-26-16-12-10-13-17-26)46-29(24(4)5)43-32(38)41-22-27-18-14-11-15-19-27/h10-19,23-24,28-29H,8-9,20-22H2,1-7H3,(H2,33,34,39)/q+1. The SMILES string of the molecule is CCCC[N+](C)(OC(C)=O)C(N)=NP(=O)(OC(OC(=O)OCc1ccccc1)C(C)C)OC(OC(=O)OCc1ccccc1)C(C)C. The minimum Gasteiger partial charge on any atom is -0.429 e. The van der Waals surface area contributed by atoms with Gasteiger partial charge in [0.15, 0.2) is 0 Å². The molecule has 0 bridgehead atoms. The average molecular weight is 681 g/mol. The van der Waals surface area contributed by atoms with Crippen LogP contribution in [0.3, 0.4) is 0 Å². The average Bonchev–Trinajstić information content (AvgIpc) is 3.01. The molecule has 0 aliphatic rings. The van der Waals surface area contributed by atoms with Gasteiger partial charge in [-0.3, -0.25) is 4.84 Å². The van der Waals surface area contributed by atoms with Crippen molar-refractivity contribution in [3.63, 3.8) is 0 Å². The van der Waals surface area contributed by atoms with Gasteiger partial charge in [0.1, 0.15) is 26.8 Å². The van der Waals surface area contributed by atoms with Gasteiger partial charge in [0.25, 0.3) is 0 Å². The van der Waals surface area contributed by atoms with Crippen molar-refractivity contribution in [2.45, 2.75) is 80.2 Å². The second-order valence-corrected chi connectivity index (χ2v) is 13.0. The molecule has 0 radical (unpaired) electrons. The zero-order valence-corrected chi connectivity index (χ0v) is 28.9. The molecule has 0 aliphatic carbocycles. The van der Waals surface area contributed by atoms with Gasteiger partial charge >= 0.3 is 32.0 Å². The largest absolute Gasteiger partial charge is 0.510 e. The Kier molecular flexibility index (Phi) is 15.8. The Labute approximate surface area is 276 Å². The molecule has 0 aromatic heterocycles. The van der Waals surface area contributed by atoms with Crippen molar-refractivity contribution < 1.29 is 56.4 Å². The Balaban J connectivity index is 2.38. The summed E-state index contributed by atoms with van der Waals surface area (Å²) in [4.78, 5) is 42.7. The van der Waals surface area contributed by atoms with E-state index in [2.05, 4.69) is 4.76 Å². The summed E-state index contributed by atoms with van der Waals surface area (Å²) in [6.07, 6.45) is -4.00. The summed E-state index contributed by atoms with van der Waals surface area (Å²) in [6.45, 7) is 9.63. The van der Waals surface area contributed by atoms with Gasteiger partial charge in [-0.2, -0.15) is 0 Å². The Morgan fingerprint density at radius 1 is 0.809 bits per heavy atom. The van der Waals surface area contributed by atoms with Gasteiger partial charge in [-0.05, 0) is 11.1 Å². The van der Waals surface area contributed by atoms with Crippen LogP contribution in [0.2, 0.25) is 0 Å². The van der Waals surface area contributed by atoms with E-state index in [-0.39, 0.29) is 19.8 Å². The third-order valence-corrected chi connectivity index (χ3v) is 7.76. The normalized spacial score (nSPS) is 15.6. The molecule has 2 N–H and O–H groups in total. The summed E-state index contributed by atoms with van der Waals surface area (Å²) < 4.78 is 50.5. The molecule has 0 amide bonds. The van der Waals surface area contributed by atoms with Gasteiger partial charge in [0.05, 0.1) is 0 Å². The monoisotopic (exact) mass is 680 g/mol. The maximum absolute atomic E-state index is 14.5. The lowest BCUT2D eigenvalue weighted by Gasteiger charge is -2.30. The maximum Gasteiger partial charge on any atom is 0.510 e. The molecule has 0 saturated heterocycles. The van der Waals surface area contributed by atoms with Crippen LogP contribution in [-0.2, 0) is 55.4 Å². The number of guanidine groups is 1. The van der Waals surface area contributed by atoms with E-state index in [0.717, 1.165) is 6.42 Å². The van der Waals surface area contributed by atoms with Gasteiger partial charge in [-0.15, -0.1) is 4.76 Å². The number of hydrogen-bond acceptors (Lipinski definition) is 11. The van der Waals surface area contributed by atoms with Crippen molar-refractivity contribution in [3.8, 4) is 0 Å². The van der Waals surface area contributed by atoms with Crippen molar-refractivity contribution >= 4 is 32.0 Å². The molecule has 0 saturated carbocycles. The zero-order valence-electron chi connectivity index (χ0n) is 28.0. The highest BCUT2D eigenvalue weighted by atomic mass is 31.2. The van der Waals surface area contributed by atoms with Crippen molar-refractivity contribution in [2.24, 2.45) is 22.3 Å². The number of ether oxygens (including phenoxy) is 4. The molecule has 0 heterocycles. The third-order valence-electron chi connectivity index (χ3n) is 6.36. The Morgan fingerprint density at radius 3 is 1.60 bits per heavy atom. The van der Waals surface area contributed by atoms with Crippen LogP contribution >= 0.6 is 7.75 Å². The summed E-state index contributed by atoms with van der Waals surface area (Å²) in [6, 6.07) is 17.8. The number of nitrogens with zero attached hydrogens (tertiary/aromatic N) is 2. The number of hydrogen-bond donors (Lipinski definition) is 1. The Morgan fingerprint density at radius 2 is 1.23 bits per heavy atom. The van der Waals surface area contributed by atoms with Crippen molar-refractivity contribution in [1.82, 2.24) is 0 Å². The molecule has 2 rings (SSSR count). The molecule has 3 unspecified atom stereocenters. The summed E-state index contributed by atoms with van der Waals surface area (Å²) in [5.74, 6) is -2.32. The van der Waals surface area contributed by atoms with E-state index in [4.69, 9.17) is 38.6 Å². The molecule has 0 spiro atoms. The van der Waals surface area contributed by atoms with Crippen LogP contribution in [0.1, 0.15) is 65.5 Å². The minimum atomic E-state index is -4.84. The first-order valence-electron chi connectivity index (χ1n) is 15.3. The van der Waals surface area contributed by atoms with E-state index in [1.165, 1.54) is 14.0 Å². The Bertz CT molecular complexity index is 1280. The van der Waals surface area contributed by atoms with E-state index in [1.54, 1.807) is 76.2 Å². The zero-order chi connectivity index (χ0) is 35.0. The van der Waals surface area contributed by atoms with E-state index in [9.17, 15) is 18.9 Å². The van der Waals surface area contributed by atoms with Gasteiger partial charge in [-0.1, -0.05) is 106 Å². The first kappa shape index (κ1) is 39.2. The van der Waals surface area contributed by atoms with Crippen LogP contribution in [0.5, 0.6) is 0 Å². The van der Waals surface area contributed by atoms with Crippen molar-refractivity contribution in [1.29, 1.82) is 0 Å². The van der Waals surface area contributed by atoms with E-state index >= 15 is 0 Å². The molecule has 0 aliphatic heterocycles. The fourth-order valence-electron chi connectivity index (χ4n) is 3.75.